The van der Waals surface area contributed by atoms with Gasteiger partial charge in [-0.15, -0.1) is 0 Å². The van der Waals surface area contributed by atoms with E-state index < -0.39 is 0 Å². The Morgan fingerprint density at radius 2 is 1.45 bits per heavy atom. The van der Waals surface area contributed by atoms with E-state index in [-0.39, 0.29) is 6.61 Å². The van der Waals surface area contributed by atoms with Gasteiger partial charge in [-0.05, 0) is 31.6 Å². The monoisotopic (exact) mass is 280 g/mol. The third-order valence-corrected chi connectivity index (χ3v) is 3.74. The summed E-state index contributed by atoms with van der Waals surface area (Å²) in [5, 5.41) is 8.60. The van der Waals surface area contributed by atoms with Gasteiger partial charge in [-0.1, -0.05) is 83.1 Å². The van der Waals surface area contributed by atoms with Gasteiger partial charge in [-0.25, -0.2) is 0 Å². The van der Waals surface area contributed by atoms with E-state index in [1.54, 1.807) is 0 Å². The third-order valence-electron chi connectivity index (χ3n) is 3.74. The van der Waals surface area contributed by atoms with Gasteiger partial charge >= 0.3 is 0 Å². The van der Waals surface area contributed by atoms with Gasteiger partial charge in [-0.3, -0.25) is 0 Å². The number of allylic oxidation sites excluding steroid dienone is 3. The van der Waals surface area contributed by atoms with Crippen LogP contribution in [0.5, 0.6) is 0 Å². The Hall–Kier alpha value is -0.560. The smallest absolute Gasteiger partial charge is 0.0612 e. The second-order valence-electron chi connectivity index (χ2n) is 5.90. The lowest BCUT2D eigenvalue weighted by atomic mass is 10.0. The standard InChI is InChI=1S/C19H36O/c1-3-4-5-13-16-19(2)17-14-11-9-7-6-8-10-12-15-18-20/h12-13,15-16,19-20H,3-11,14,17-18H2,1-2H3. The highest BCUT2D eigenvalue weighted by atomic mass is 16.2. The fourth-order valence-corrected chi connectivity index (χ4v) is 2.37. The molecule has 0 spiro atoms. The summed E-state index contributed by atoms with van der Waals surface area (Å²) in [5.74, 6) is 0.760. The quantitative estimate of drug-likeness (QED) is 0.304. The Morgan fingerprint density at radius 3 is 2.15 bits per heavy atom. The molecule has 0 aromatic rings. The van der Waals surface area contributed by atoms with Crippen molar-refractivity contribution in [3.05, 3.63) is 24.3 Å². The molecule has 0 radical (unpaired) electrons. The minimum absolute atomic E-state index is 0.186. The van der Waals surface area contributed by atoms with Crippen LogP contribution in [-0.2, 0) is 0 Å². The normalized spacial score (nSPS) is 13.6. The van der Waals surface area contributed by atoms with Gasteiger partial charge in [0.1, 0.15) is 0 Å². The molecule has 0 aliphatic carbocycles. The Kier molecular flexibility index (Phi) is 16.0. The molecule has 118 valence electrons. The highest BCUT2D eigenvalue weighted by Gasteiger charge is 1.97. The molecular weight excluding hydrogens is 244 g/mol. The fourth-order valence-electron chi connectivity index (χ4n) is 2.37. The summed E-state index contributed by atoms with van der Waals surface area (Å²) in [6, 6.07) is 0. The summed E-state index contributed by atoms with van der Waals surface area (Å²) in [5.41, 5.74) is 0. The van der Waals surface area contributed by atoms with Gasteiger partial charge in [0.05, 0.1) is 6.61 Å². The van der Waals surface area contributed by atoms with E-state index in [9.17, 15) is 0 Å². The first-order valence-electron chi connectivity index (χ1n) is 8.73. The summed E-state index contributed by atoms with van der Waals surface area (Å²) < 4.78 is 0. The maximum absolute atomic E-state index is 8.60. The van der Waals surface area contributed by atoms with Crippen molar-refractivity contribution in [3.63, 3.8) is 0 Å². The summed E-state index contributed by atoms with van der Waals surface area (Å²) in [4.78, 5) is 0. The van der Waals surface area contributed by atoms with Gasteiger partial charge in [0.15, 0.2) is 0 Å². The van der Waals surface area contributed by atoms with Crippen molar-refractivity contribution in [1.29, 1.82) is 0 Å². The average Bonchev–Trinajstić information content (AvgIpc) is 2.45. The second kappa shape index (κ2) is 16.5. The van der Waals surface area contributed by atoms with Crippen LogP contribution >= 0.6 is 0 Å². The average molecular weight is 280 g/mol. The molecule has 1 atom stereocenters. The summed E-state index contributed by atoms with van der Waals surface area (Å²) in [6.07, 6.45) is 23.2. The summed E-state index contributed by atoms with van der Waals surface area (Å²) >= 11 is 0. The molecule has 1 heteroatoms. The molecule has 0 fully saturated rings. The first kappa shape index (κ1) is 19.4. The van der Waals surface area contributed by atoms with Crippen LogP contribution in [0.2, 0.25) is 0 Å². The zero-order valence-electron chi connectivity index (χ0n) is 13.8. The van der Waals surface area contributed by atoms with Crippen LogP contribution in [0.25, 0.3) is 0 Å². The van der Waals surface area contributed by atoms with Crippen molar-refractivity contribution in [1.82, 2.24) is 0 Å². The number of aliphatic hydroxyl groups excluding tert-OH is 1. The van der Waals surface area contributed by atoms with Crippen LogP contribution < -0.4 is 0 Å². The number of unbranched alkanes of at least 4 members (excludes halogenated alkanes) is 8. The molecule has 0 aromatic carbocycles. The van der Waals surface area contributed by atoms with Crippen molar-refractivity contribution >= 4 is 0 Å². The Labute approximate surface area is 127 Å². The first-order chi connectivity index (χ1) is 9.81. The van der Waals surface area contributed by atoms with E-state index in [2.05, 4.69) is 32.1 Å². The third kappa shape index (κ3) is 15.5. The van der Waals surface area contributed by atoms with E-state index in [0.717, 1.165) is 12.3 Å². The van der Waals surface area contributed by atoms with E-state index in [1.807, 2.05) is 6.08 Å². The fraction of sp³-hybridized carbons (Fsp3) is 0.789. The molecular formula is C19H36O. The maximum Gasteiger partial charge on any atom is 0.0612 e. The Balaban J connectivity index is 3.22. The number of aliphatic hydroxyl groups is 1. The molecule has 0 aromatic heterocycles. The predicted molar refractivity (Wildman–Crippen MR) is 91.0 cm³/mol. The summed E-state index contributed by atoms with van der Waals surface area (Å²) in [7, 11) is 0. The SMILES string of the molecule is CCCCC=CC(C)CCCCCCCCC=CCO. The van der Waals surface area contributed by atoms with Crippen molar-refractivity contribution in [3.8, 4) is 0 Å². The minimum atomic E-state index is 0.186. The first-order valence-corrected chi connectivity index (χ1v) is 8.73. The van der Waals surface area contributed by atoms with Gasteiger partial charge in [-0.2, -0.15) is 0 Å². The van der Waals surface area contributed by atoms with Gasteiger partial charge in [0.25, 0.3) is 0 Å². The van der Waals surface area contributed by atoms with Crippen LogP contribution in [0.4, 0.5) is 0 Å². The van der Waals surface area contributed by atoms with E-state index in [0.29, 0.717) is 0 Å². The molecule has 0 aliphatic heterocycles. The Bertz CT molecular complexity index is 230. The molecule has 1 N–H and O–H groups in total. The molecule has 0 bridgehead atoms. The van der Waals surface area contributed by atoms with Crippen LogP contribution in [0.1, 0.15) is 84.5 Å². The largest absolute Gasteiger partial charge is 0.392 e. The topological polar surface area (TPSA) is 20.2 Å². The van der Waals surface area contributed by atoms with Crippen LogP contribution in [-0.4, -0.2) is 11.7 Å². The van der Waals surface area contributed by atoms with Gasteiger partial charge in [0.2, 0.25) is 0 Å². The van der Waals surface area contributed by atoms with Gasteiger partial charge in [0, 0.05) is 0 Å². The number of rotatable bonds is 14. The van der Waals surface area contributed by atoms with Crippen LogP contribution in [0.15, 0.2) is 24.3 Å². The molecule has 0 rings (SSSR count). The molecule has 20 heavy (non-hydrogen) atoms. The minimum Gasteiger partial charge on any atom is -0.392 e. The Morgan fingerprint density at radius 1 is 0.800 bits per heavy atom. The van der Waals surface area contributed by atoms with Crippen molar-refractivity contribution in [2.24, 2.45) is 5.92 Å². The molecule has 0 heterocycles. The zero-order chi connectivity index (χ0) is 14.9. The molecule has 0 saturated heterocycles. The highest BCUT2D eigenvalue weighted by Crippen LogP contribution is 2.14. The zero-order valence-corrected chi connectivity index (χ0v) is 13.8. The van der Waals surface area contributed by atoms with E-state index >= 15 is 0 Å². The lowest BCUT2D eigenvalue weighted by Gasteiger charge is -2.06. The van der Waals surface area contributed by atoms with Gasteiger partial charge < -0.3 is 5.11 Å². The molecule has 1 unspecified atom stereocenters. The number of hydrogen-bond donors (Lipinski definition) is 1. The molecule has 1 nitrogen and oxygen atoms in total. The highest BCUT2D eigenvalue weighted by molar-refractivity contribution is 4.86. The summed E-state index contributed by atoms with van der Waals surface area (Å²) in [6.45, 7) is 4.78. The molecule has 0 amide bonds. The second-order valence-corrected chi connectivity index (χ2v) is 5.90. The van der Waals surface area contributed by atoms with E-state index in [4.69, 9.17) is 5.11 Å². The molecule has 0 saturated carbocycles. The van der Waals surface area contributed by atoms with Crippen molar-refractivity contribution < 1.29 is 5.11 Å². The lowest BCUT2D eigenvalue weighted by Crippen LogP contribution is -1.90. The van der Waals surface area contributed by atoms with Crippen LogP contribution in [0, 0.1) is 5.92 Å². The van der Waals surface area contributed by atoms with Crippen molar-refractivity contribution in [2.45, 2.75) is 84.5 Å². The van der Waals surface area contributed by atoms with E-state index in [1.165, 1.54) is 64.2 Å². The van der Waals surface area contributed by atoms with Crippen molar-refractivity contribution in [2.75, 3.05) is 6.61 Å². The predicted octanol–water partition coefficient (Wildman–Crippen LogP) is 6.04. The lowest BCUT2D eigenvalue weighted by molar-refractivity contribution is 0.342. The van der Waals surface area contributed by atoms with Crippen LogP contribution in [0.3, 0.4) is 0 Å². The number of hydrogen-bond acceptors (Lipinski definition) is 1. The maximum atomic E-state index is 8.60. The molecule has 0 aliphatic rings.